The lowest BCUT2D eigenvalue weighted by molar-refractivity contribution is 0.0690. The number of nitrogens with zero attached hydrogens (tertiary/aromatic N) is 1. The maximum atomic E-state index is 12.5. The Bertz CT molecular complexity index is 662. The highest BCUT2D eigenvalue weighted by Crippen LogP contribution is 2.33. The molecule has 5 heteroatoms. The quantitative estimate of drug-likeness (QED) is 0.941. The third-order valence-corrected chi connectivity index (χ3v) is 3.76. The van der Waals surface area contributed by atoms with Crippen molar-refractivity contribution in [2.24, 2.45) is 0 Å². The van der Waals surface area contributed by atoms with Gasteiger partial charge in [-0.05, 0) is 18.4 Å². The van der Waals surface area contributed by atoms with Gasteiger partial charge < -0.3 is 14.4 Å². The molecule has 1 aromatic carbocycles. The maximum absolute atomic E-state index is 12.5. The van der Waals surface area contributed by atoms with Gasteiger partial charge in [0.2, 0.25) is 0 Å². The molecule has 2 aromatic rings. The van der Waals surface area contributed by atoms with Crippen molar-refractivity contribution in [2.75, 3.05) is 6.54 Å². The highest BCUT2D eigenvalue weighted by molar-refractivity contribution is 5.95. The van der Waals surface area contributed by atoms with Gasteiger partial charge in [-0.2, -0.15) is 0 Å². The summed E-state index contributed by atoms with van der Waals surface area (Å²) in [5.74, 6) is -1.28. The number of carbonyl (C=O) groups excluding carboxylic acids is 1. The van der Waals surface area contributed by atoms with Crippen molar-refractivity contribution in [2.45, 2.75) is 18.9 Å². The lowest BCUT2D eigenvalue weighted by Gasteiger charge is -2.24. The van der Waals surface area contributed by atoms with Gasteiger partial charge in [-0.25, -0.2) is 4.79 Å². The fourth-order valence-corrected chi connectivity index (χ4v) is 2.73. The normalized spacial score (nSPS) is 17.9. The average molecular weight is 285 g/mol. The average Bonchev–Trinajstić information content (AvgIpc) is 3.17. The lowest BCUT2D eigenvalue weighted by Crippen LogP contribution is -2.30. The largest absolute Gasteiger partial charge is 0.478 e. The van der Waals surface area contributed by atoms with Crippen LogP contribution in [0.3, 0.4) is 0 Å². The van der Waals surface area contributed by atoms with Crippen LogP contribution in [0, 0.1) is 0 Å². The SMILES string of the molecule is O=C(O)c1coc(C(=O)N2CCCC2c2ccccc2)c1. The van der Waals surface area contributed by atoms with Crippen LogP contribution in [-0.2, 0) is 0 Å². The van der Waals surface area contributed by atoms with E-state index in [9.17, 15) is 9.59 Å². The first-order chi connectivity index (χ1) is 10.2. The lowest BCUT2D eigenvalue weighted by atomic mass is 10.0. The van der Waals surface area contributed by atoms with Gasteiger partial charge in [0.15, 0.2) is 5.76 Å². The highest BCUT2D eigenvalue weighted by Gasteiger charge is 2.32. The van der Waals surface area contributed by atoms with E-state index in [0.717, 1.165) is 24.7 Å². The number of carboxylic acid groups (broad SMARTS) is 1. The van der Waals surface area contributed by atoms with Crippen LogP contribution in [-0.4, -0.2) is 28.4 Å². The first-order valence-electron chi connectivity index (χ1n) is 6.84. The smallest absolute Gasteiger partial charge is 0.338 e. The van der Waals surface area contributed by atoms with Gasteiger partial charge in [0.1, 0.15) is 6.26 Å². The molecule has 1 N–H and O–H groups in total. The fraction of sp³-hybridized carbons (Fsp3) is 0.250. The van der Waals surface area contributed by atoms with E-state index in [1.54, 1.807) is 4.90 Å². The number of furan rings is 1. The Morgan fingerprint density at radius 2 is 2.00 bits per heavy atom. The van der Waals surface area contributed by atoms with Crippen LogP contribution >= 0.6 is 0 Å². The summed E-state index contributed by atoms with van der Waals surface area (Å²) in [6.45, 7) is 0.654. The zero-order chi connectivity index (χ0) is 14.8. The number of carbonyl (C=O) groups is 2. The topological polar surface area (TPSA) is 70.7 Å². The predicted molar refractivity (Wildman–Crippen MR) is 75.1 cm³/mol. The van der Waals surface area contributed by atoms with Gasteiger partial charge >= 0.3 is 5.97 Å². The molecule has 0 aliphatic carbocycles. The Morgan fingerprint density at radius 3 is 2.67 bits per heavy atom. The molecule has 21 heavy (non-hydrogen) atoms. The molecule has 1 amide bonds. The minimum absolute atomic E-state index is 0.00573. The van der Waals surface area contributed by atoms with E-state index in [-0.39, 0.29) is 23.3 Å². The summed E-state index contributed by atoms with van der Waals surface area (Å²) >= 11 is 0. The van der Waals surface area contributed by atoms with Crippen LogP contribution in [0.4, 0.5) is 0 Å². The van der Waals surface area contributed by atoms with E-state index in [0.29, 0.717) is 6.54 Å². The van der Waals surface area contributed by atoms with Crippen molar-refractivity contribution in [3.63, 3.8) is 0 Å². The molecule has 2 heterocycles. The Labute approximate surface area is 121 Å². The molecular weight excluding hydrogens is 270 g/mol. The molecule has 0 spiro atoms. The third kappa shape index (κ3) is 2.54. The first-order valence-corrected chi connectivity index (χ1v) is 6.84. The minimum Gasteiger partial charge on any atom is -0.478 e. The van der Waals surface area contributed by atoms with Gasteiger partial charge in [0, 0.05) is 12.6 Å². The number of carboxylic acids is 1. The summed E-state index contributed by atoms with van der Waals surface area (Å²) in [4.78, 5) is 25.1. The van der Waals surface area contributed by atoms with E-state index in [1.807, 2.05) is 30.3 Å². The van der Waals surface area contributed by atoms with E-state index in [1.165, 1.54) is 6.07 Å². The summed E-state index contributed by atoms with van der Waals surface area (Å²) in [5, 5.41) is 8.89. The molecule has 1 aliphatic heterocycles. The summed E-state index contributed by atoms with van der Waals surface area (Å²) in [5.41, 5.74) is 1.09. The molecule has 5 nitrogen and oxygen atoms in total. The van der Waals surface area contributed by atoms with E-state index in [2.05, 4.69) is 0 Å². The van der Waals surface area contributed by atoms with E-state index in [4.69, 9.17) is 9.52 Å². The van der Waals surface area contributed by atoms with Gasteiger partial charge in [-0.1, -0.05) is 30.3 Å². The number of likely N-dealkylation sites (tertiary alicyclic amines) is 1. The first kappa shape index (κ1) is 13.4. The van der Waals surface area contributed by atoms with Crippen LogP contribution in [0.1, 0.15) is 45.4 Å². The molecule has 1 aromatic heterocycles. The van der Waals surface area contributed by atoms with Gasteiger partial charge in [0.05, 0.1) is 11.6 Å². The van der Waals surface area contributed by atoms with Crippen molar-refractivity contribution in [1.29, 1.82) is 0 Å². The predicted octanol–water partition coefficient (Wildman–Crippen LogP) is 2.96. The Balaban J connectivity index is 1.84. The Hall–Kier alpha value is -2.56. The van der Waals surface area contributed by atoms with Crippen LogP contribution in [0.25, 0.3) is 0 Å². The summed E-state index contributed by atoms with van der Waals surface area (Å²) < 4.78 is 5.11. The minimum atomic E-state index is -1.10. The van der Waals surface area contributed by atoms with Crippen molar-refractivity contribution >= 4 is 11.9 Å². The molecule has 108 valence electrons. The van der Waals surface area contributed by atoms with Crippen LogP contribution < -0.4 is 0 Å². The standard InChI is InChI=1S/C16H15NO4/c18-15(14-9-12(10-21-14)16(19)20)17-8-4-7-13(17)11-5-2-1-3-6-11/h1-3,5-6,9-10,13H,4,7-8H2,(H,19,20). The molecule has 0 radical (unpaired) electrons. The zero-order valence-electron chi connectivity index (χ0n) is 11.4. The second kappa shape index (κ2) is 5.44. The number of amides is 1. The van der Waals surface area contributed by atoms with Gasteiger partial charge in [-0.3, -0.25) is 4.79 Å². The van der Waals surface area contributed by atoms with Crippen molar-refractivity contribution in [3.8, 4) is 0 Å². The fourth-order valence-electron chi connectivity index (χ4n) is 2.73. The molecule has 1 atom stereocenters. The third-order valence-electron chi connectivity index (χ3n) is 3.76. The molecule has 1 fully saturated rings. The van der Waals surface area contributed by atoms with Crippen LogP contribution in [0.15, 0.2) is 47.1 Å². The van der Waals surface area contributed by atoms with Gasteiger partial charge in [0.25, 0.3) is 5.91 Å². The van der Waals surface area contributed by atoms with Gasteiger partial charge in [-0.15, -0.1) is 0 Å². The molecule has 1 aliphatic rings. The number of benzene rings is 1. The molecule has 0 bridgehead atoms. The second-order valence-corrected chi connectivity index (χ2v) is 5.07. The monoisotopic (exact) mass is 285 g/mol. The Kier molecular flexibility index (Phi) is 3.48. The van der Waals surface area contributed by atoms with Crippen molar-refractivity contribution in [3.05, 3.63) is 59.5 Å². The second-order valence-electron chi connectivity index (χ2n) is 5.07. The van der Waals surface area contributed by atoms with Crippen molar-refractivity contribution in [1.82, 2.24) is 4.90 Å². The number of hydrogen-bond acceptors (Lipinski definition) is 3. The number of hydrogen-bond donors (Lipinski definition) is 1. The zero-order valence-corrected chi connectivity index (χ0v) is 11.4. The molecule has 3 rings (SSSR count). The maximum Gasteiger partial charge on any atom is 0.338 e. The number of rotatable bonds is 3. The summed E-state index contributed by atoms with van der Waals surface area (Å²) in [7, 11) is 0. The Morgan fingerprint density at radius 1 is 1.24 bits per heavy atom. The van der Waals surface area contributed by atoms with Crippen LogP contribution in [0.2, 0.25) is 0 Å². The van der Waals surface area contributed by atoms with E-state index >= 15 is 0 Å². The molecular formula is C16H15NO4. The molecule has 0 saturated carbocycles. The van der Waals surface area contributed by atoms with E-state index < -0.39 is 5.97 Å². The summed E-state index contributed by atoms with van der Waals surface area (Å²) in [6.07, 6.45) is 2.93. The molecule has 1 saturated heterocycles. The number of aromatic carboxylic acids is 1. The highest BCUT2D eigenvalue weighted by atomic mass is 16.4. The molecule has 1 unspecified atom stereocenters. The summed E-state index contributed by atoms with van der Waals surface area (Å²) in [6, 6.07) is 11.2. The van der Waals surface area contributed by atoms with Crippen LogP contribution in [0.5, 0.6) is 0 Å². The van der Waals surface area contributed by atoms with Crippen molar-refractivity contribution < 1.29 is 19.1 Å².